The van der Waals surface area contributed by atoms with E-state index in [2.05, 4.69) is 0 Å². The topological polar surface area (TPSA) is 22.0 Å². The zero-order valence-corrected chi connectivity index (χ0v) is 12.8. The second-order valence-corrected chi connectivity index (χ2v) is 5.70. The Labute approximate surface area is 132 Å². The maximum Gasteiger partial charge on any atom is 0.194 e. The summed E-state index contributed by atoms with van der Waals surface area (Å²) in [5.74, 6) is -0.385. The fourth-order valence-electron chi connectivity index (χ4n) is 2.25. The molecule has 2 aromatic carbocycles. The van der Waals surface area contributed by atoms with Crippen LogP contribution in [0.1, 0.15) is 15.9 Å². The number of ketones is 1. The molecule has 3 rings (SSSR count). The lowest BCUT2D eigenvalue weighted by atomic mass is 10.1. The van der Waals surface area contributed by atoms with Crippen molar-refractivity contribution in [3.8, 4) is 5.69 Å². The first-order valence-corrected chi connectivity index (χ1v) is 8.03. The molecule has 1 aromatic heterocycles. The van der Waals surface area contributed by atoms with Crippen molar-refractivity contribution in [2.45, 2.75) is 4.90 Å². The van der Waals surface area contributed by atoms with Gasteiger partial charge in [0.1, 0.15) is 5.82 Å². The van der Waals surface area contributed by atoms with Gasteiger partial charge in [-0.05, 0) is 48.7 Å². The predicted octanol–water partition coefficient (Wildman–Crippen LogP) is 4.57. The average Bonchev–Trinajstić information content (AvgIpc) is 3.04. The van der Waals surface area contributed by atoms with Gasteiger partial charge in [-0.15, -0.1) is 11.8 Å². The minimum atomic E-state index is -0.318. The Morgan fingerprint density at radius 1 is 1.00 bits per heavy atom. The van der Waals surface area contributed by atoms with E-state index in [1.165, 1.54) is 6.07 Å². The van der Waals surface area contributed by atoms with Crippen molar-refractivity contribution in [3.63, 3.8) is 0 Å². The number of aromatic nitrogens is 1. The molecule has 3 aromatic rings. The van der Waals surface area contributed by atoms with Crippen molar-refractivity contribution in [1.29, 1.82) is 0 Å². The summed E-state index contributed by atoms with van der Waals surface area (Å²) in [6.07, 6.45) is 5.34. The molecule has 0 spiro atoms. The van der Waals surface area contributed by atoms with Crippen molar-refractivity contribution < 1.29 is 9.18 Å². The molecule has 0 atom stereocenters. The van der Waals surface area contributed by atoms with Gasteiger partial charge in [-0.2, -0.15) is 0 Å². The SMILES string of the molecule is CSc1ccc(C(=O)c2ccn(-c3ccccc3F)c2)cc1. The highest BCUT2D eigenvalue weighted by molar-refractivity contribution is 7.98. The number of hydrogen-bond donors (Lipinski definition) is 0. The molecule has 0 radical (unpaired) electrons. The molecule has 1 heterocycles. The average molecular weight is 311 g/mol. The molecule has 110 valence electrons. The number of carbonyl (C=O) groups is 1. The van der Waals surface area contributed by atoms with E-state index in [0.717, 1.165) is 4.90 Å². The monoisotopic (exact) mass is 311 g/mol. The molecule has 2 nitrogen and oxygen atoms in total. The molecule has 0 saturated heterocycles. The zero-order chi connectivity index (χ0) is 15.5. The van der Waals surface area contributed by atoms with E-state index in [0.29, 0.717) is 16.8 Å². The smallest absolute Gasteiger partial charge is 0.194 e. The maximum absolute atomic E-state index is 13.8. The summed E-state index contributed by atoms with van der Waals surface area (Å²) in [6, 6.07) is 15.7. The van der Waals surface area contributed by atoms with Crippen LogP contribution in [0.15, 0.2) is 71.9 Å². The van der Waals surface area contributed by atoms with Gasteiger partial charge in [0.2, 0.25) is 0 Å². The van der Waals surface area contributed by atoms with Crippen LogP contribution in [-0.2, 0) is 0 Å². The molecular formula is C18H14FNOS. The highest BCUT2D eigenvalue weighted by Gasteiger charge is 2.12. The van der Waals surface area contributed by atoms with E-state index >= 15 is 0 Å². The fraction of sp³-hybridized carbons (Fsp3) is 0.0556. The van der Waals surface area contributed by atoms with E-state index in [-0.39, 0.29) is 11.6 Å². The van der Waals surface area contributed by atoms with Crippen molar-refractivity contribution in [3.05, 3.63) is 83.9 Å². The first-order valence-electron chi connectivity index (χ1n) is 6.80. The standard InChI is InChI=1S/C18H14FNOS/c1-22-15-8-6-13(7-9-15)18(21)14-10-11-20(12-14)17-5-3-2-4-16(17)19/h2-12H,1H3. The van der Waals surface area contributed by atoms with Gasteiger partial charge in [0, 0.05) is 28.4 Å². The number of hydrogen-bond acceptors (Lipinski definition) is 2. The number of thioether (sulfide) groups is 1. The van der Waals surface area contributed by atoms with Gasteiger partial charge in [-0.25, -0.2) is 4.39 Å². The lowest BCUT2D eigenvalue weighted by Gasteiger charge is -2.03. The van der Waals surface area contributed by atoms with Gasteiger partial charge in [0.05, 0.1) is 5.69 Å². The van der Waals surface area contributed by atoms with E-state index in [1.807, 2.05) is 30.5 Å². The van der Waals surface area contributed by atoms with Crippen LogP contribution >= 0.6 is 11.8 Å². The van der Waals surface area contributed by atoms with E-state index in [9.17, 15) is 9.18 Å². The van der Waals surface area contributed by atoms with Gasteiger partial charge < -0.3 is 4.57 Å². The highest BCUT2D eigenvalue weighted by atomic mass is 32.2. The minimum absolute atomic E-state index is 0.0669. The molecule has 0 unspecified atom stereocenters. The molecule has 0 fully saturated rings. The Kier molecular flexibility index (Phi) is 4.11. The third-order valence-corrected chi connectivity index (χ3v) is 4.18. The maximum atomic E-state index is 13.8. The summed E-state index contributed by atoms with van der Waals surface area (Å²) in [4.78, 5) is 13.6. The van der Waals surface area contributed by atoms with Crippen LogP contribution in [0.25, 0.3) is 5.69 Å². The lowest BCUT2D eigenvalue weighted by Crippen LogP contribution is -2.00. The summed E-state index contributed by atoms with van der Waals surface area (Å²) >= 11 is 1.63. The second-order valence-electron chi connectivity index (χ2n) is 4.82. The number of rotatable bonds is 4. The van der Waals surface area contributed by atoms with Crippen molar-refractivity contribution in [1.82, 2.24) is 4.57 Å². The lowest BCUT2D eigenvalue weighted by molar-refractivity contribution is 0.103. The zero-order valence-electron chi connectivity index (χ0n) is 12.0. The molecule has 0 saturated carbocycles. The summed E-state index contributed by atoms with van der Waals surface area (Å²) < 4.78 is 15.4. The molecule has 4 heteroatoms. The van der Waals surface area contributed by atoms with Crippen LogP contribution in [0.4, 0.5) is 4.39 Å². The van der Waals surface area contributed by atoms with Crippen LogP contribution in [0, 0.1) is 5.82 Å². The summed E-state index contributed by atoms with van der Waals surface area (Å²) in [5.41, 5.74) is 1.60. The van der Waals surface area contributed by atoms with Crippen LogP contribution in [0.2, 0.25) is 0 Å². The van der Waals surface area contributed by atoms with E-state index < -0.39 is 0 Å². The van der Waals surface area contributed by atoms with Crippen molar-refractivity contribution in [2.24, 2.45) is 0 Å². The Balaban J connectivity index is 1.90. The number of para-hydroxylation sites is 1. The molecule has 0 aliphatic heterocycles. The molecule has 0 bridgehead atoms. The third-order valence-electron chi connectivity index (χ3n) is 3.44. The van der Waals surface area contributed by atoms with Crippen LogP contribution in [-0.4, -0.2) is 16.6 Å². The minimum Gasteiger partial charge on any atom is -0.321 e. The van der Waals surface area contributed by atoms with Crippen LogP contribution < -0.4 is 0 Å². The van der Waals surface area contributed by atoms with E-state index in [4.69, 9.17) is 0 Å². The molecule has 22 heavy (non-hydrogen) atoms. The molecule has 0 amide bonds. The first-order chi connectivity index (χ1) is 10.7. The third kappa shape index (κ3) is 2.83. The van der Waals surface area contributed by atoms with Crippen molar-refractivity contribution in [2.75, 3.05) is 6.26 Å². The molecule has 0 aliphatic carbocycles. The van der Waals surface area contributed by atoms with Gasteiger partial charge in [0.25, 0.3) is 0 Å². The Hall–Kier alpha value is -2.33. The van der Waals surface area contributed by atoms with Gasteiger partial charge in [0.15, 0.2) is 5.78 Å². The number of carbonyl (C=O) groups excluding carboxylic acids is 1. The Bertz CT molecular complexity index is 808. The number of halogens is 1. The van der Waals surface area contributed by atoms with Crippen molar-refractivity contribution >= 4 is 17.5 Å². The fourth-order valence-corrected chi connectivity index (χ4v) is 2.66. The normalized spacial score (nSPS) is 10.6. The van der Waals surface area contributed by atoms with Crippen LogP contribution in [0.3, 0.4) is 0 Å². The largest absolute Gasteiger partial charge is 0.321 e. The quantitative estimate of drug-likeness (QED) is 0.520. The molecular weight excluding hydrogens is 297 g/mol. The predicted molar refractivity (Wildman–Crippen MR) is 87.4 cm³/mol. The Morgan fingerprint density at radius 2 is 1.73 bits per heavy atom. The summed E-state index contributed by atoms with van der Waals surface area (Å²) in [7, 11) is 0. The second kappa shape index (κ2) is 6.20. The summed E-state index contributed by atoms with van der Waals surface area (Å²) in [6.45, 7) is 0. The Morgan fingerprint density at radius 3 is 2.41 bits per heavy atom. The van der Waals surface area contributed by atoms with Gasteiger partial charge in [-0.3, -0.25) is 4.79 Å². The number of nitrogens with zero attached hydrogens (tertiary/aromatic N) is 1. The summed E-state index contributed by atoms with van der Waals surface area (Å²) in [5, 5.41) is 0. The van der Waals surface area contributed by atoms with Gasteiger partial charge >= 0.3 is 0 Å². The van der Waals surface area contributed by atoms with E-state index in [1.54, 1.807) is 53.0 Å². The van der Waals surface area contributed by atoms with Crippen LogP contribution in [0.5, 0.6) is 0 Å². The first kappa shape index (κ1) is 14.6. The molecule has 0 N–H and O–H groups in total. The molecule has 0 aliphatic rings. The number of benzene rings is 2. The highest BCUT2D eigenvalue weighted by Crippen LogP contribution is 2.19. The van der Waals surface area contributed by atoms with Gasteiger partial charge in [-0.1, -0.05) is 12.1 Å².